The fourth-order valence-corrected chi connectivity index (χ4v) is 4.18. The molecule has 166 valence electrons. The van der Waals surface area contributed by atoms with Crippen LogP contribution in [0.2, 0.25) is 0 Å². The molecular formula is C22H32FN3O4. The Labute approximate surface area is 177 Å². The van der Waals surface area contributed by atoms with Crippen LogP contribution in [-0.4, -0.2) is 60.9 Å². The Morgan fingerprint density at radius 1 is 1.20 bits per heavy atom. The summed E-state index contributed by atoms with van der Waals surface area (Å²) < 4.78 is 32.2. The third-order valence-electron chi connectivity index (χ3n) is 6.01. The van der Waals surface area contributed by atoms with Gasteiger partial charge in [0.25, 0.3) is 6.02 Å². The molecule has 4 aliphatic rings. The number of amidine groups is 1. The predicted octanol–water partition coefficient (Wildman–Crippen LogP) is 3.17. The Morgan fingerprint density at radius 3 is 2.50 bits per heavy atom. The van der Waals surface area contributed by atoms with Crippen molar-refractivity contribution in [2.24, 2.45) is 4.99 Å². The second-order valence-electron chi connectivity index (χ2n) is 8.83. The number of aliphatic imine (C=N–C) groups is 1. The molecule has 1 amide bonds. The van der Waals surface area contributed by atoms with Crippen LogP contribution < -0.4 is 5.32 Å². The molecule has 30 heavy (non-hydrogen) atoms. The Bertz CT molecular complexity index is 753. The molecule has 0 aromatic rings. The fraction of sp³-hybridized carbons (Fsp3) is 0.727. The quantitative estimate of drug-likeness (QED) is 0.684. The number of carbonyl (C=O) groups excluding carboxylic acids is 1. The van der Waals surface area contributed by atoms with E-state index < -0.39 is 0 Å². The van der Waals surface area contributed by atoms with Gasteiger partial charge in [-0.15, -0.1) is 0 Å². The number of likely N-dealkylation sites (N-methyl/N-ethyl adjacent to an activating group) is 1. The molecule has 0 bridgehead atoms. The van der Waals surface area contributed by atoms with Crippen LogP contribution in [0.5, 0.6) is 0 Å². The number of ether oxygens (including phenoxy) is 3. The van der Waals surface area contributed by atoms with Gasteiger partial charge < -0.3 is 24.4 Å². The highest BCUT2D eigenvalue weighted by Gasteiger charge is 2.38. The summed E-state index contributed by atoms with van der Waals surface area (Å²) in [6.07, 6.45) is 8.06. The Balaban J connectivity index is 1.25. The van der Waals surface area contributed by atoms with Crippen molar-refractivity contribution < 1.29 is 23.4 Å². The van der Waals surface area contributed by atoms with Crippen LogP contribution in [0.1, 0.15) is 58.8 Å². The fourth-order valence-electron chi connectivity index (χ4n) is 4.18. The van der Waals surface area contributed by atoms with Gasteiger partial charge in [0.15, 0.2) is 5.83 Å². The molecule has 7 nitrogen and oxygen atoms in total. The van der Waals surface area contributed by atoms with Gasteiger partial charge in [0.1, 0.15) is 11.9 Å². The van der Waals surface area contributed by atoms with Gasteiger partial charge in [-0.2, -0.15) is 4.99 Å². The van der Waals surface area contributed by atoms with Gasteiger partial charge in [-0.05, 0) is 45.4 Å². The number of allylic oxidation sites excluding steroid dienone is 2. The molecule has 4 rings (SSSR count). The zero-order valence-corrected chi connectivity index (χ0v) is 18.0. The second kappa shape index (κ2) is 8.96. The van der Waals surface area contributed by atoms with Gasteiger partial charge in [-0.3, -0.25) is 4.79 Å². The summed E-state index contributed by atoms with van der Waals surface area (Å²) >= 11 is 0. The minimum Gasteiger partial charge on any atom is -0.492 e. The highest BCUT2D eigenvalue weighted by molar-refractivity contribution is 5.79. The molecule has 3 aliphatic carbocycles. The van der Waals surface area contributed by atoms with Gasteiger partial charge in [-0.25, -0.2) is 4.39 Å². The van der Waals surface area contributed by atoms with E-state index in [1.54, 1.807) is 0 Å². The number of halogens is 1. The van der Waals surface area contributed by atoms with E-state index in [-0.39, 0.29) is 42.1 Å². The summed E-state index contributed by atoms with van der Waals surface area (Å²) in [4.78, 5) is 17.6. The largest absolute Gasteiger partial charge is 0.492 e. The molecular weight excluding hydrogens is 389 g/mol. The summed E-state index contributed by atoms with van der Waals surface area (Å²) in [6, 6.07) is 0.552. The molecule has 0 radical (unpaired) electrons. The van der Waals surface area contributed by atoms with E-state index in [0.29, 0.717) is 30.5 Å². The van der Waals surface area contributed by atoms with Crippen LogP contribution in [0.3, 0.4) is 0 Å². The number of fused-ring (bicyclic) bond motifs is 1. The van der Waals surface area contributed by atoms with Gasteiger partial charge in [0, 0.05) is 32.5 Å². The van der Waals surface area contributed by atoms with Crippen molar-refractivity contribution in [3.63, 3.8) is 0 Å². The van der Waals surface area contributed by atoms with E-state index in [9.17, 15) is 9.18 Å². The molecule has 8 heteroatoms. The summed E-state index contributed by atoms with van der Waals surface area (Å²) in [5.74, 6) is 0.0973. The van der Waals surface area contributed by atoms with Crippen molar-refractivity contribution >= 4 is 11.9 Å². The maximum absolute atomic E-state index is 14.3. The number of nitrogens with zero attached hydrogens (tertiary/aromatic N) is 2. The molecule has 1 unspecified atom stereocenters. The lowest BCUT2D eigenvalue weighted by atomic mass is 9.95. The molecule has 1 aliphatic heterocycles. The van der Waals surface area contributed by atoms with Crippen LogP contribution in [0.4, 0.5) is 4.39 Å². The summed E-state index contributed by atoms with van der Waals surface area (Å²) in [5.41, 5.74) is 0.706. The Morgan fingerprint density at radius 2 is 1.83 bits per heavy atom. The number of nitrogens with one attached hydrogen (secondary N) is 1. The number of hydrogen-bond acceptors (Lipinski definition) is 6. The molecule has 0 aromatic carbocycles. The minimum atomic E-state index is -0.308. The zero-order valence-electron chi connectivity index (χ0n) is 18.0. The topological polar surface area (TPSA) is 72.4 Å². The first-order valence-corrected chi connectivity index (χ1v) is 11.0. The van der Waals surface area contributed by atoms with Gasteiger partial charge in [0.2, 0.25) is 5.91 Å². The van der Waals surface area contributed by atoms with Crippen molar-refractivity contribution in [2.75, 3.05) is 13.7 Å². The lowest BCUT2D eigenvalue weighted by molar-refractivity contribution is -0.120. The summed E-state index contributed by atoms with van der Waals surface area (Å²) in [7, 11) is 1.94. The first-order chi connectivity index (χ1) is 14.4. The van der Waals surface area contributed by atoms with Crippen molar-refractivity contribution in [3.05, 3.63) is 23.4 Å². The van der Waals surface area contributed by atoms with E-state index in [1.807, 2.05) is 18.9 Å². The first-order valence-electron chi connectivity index (χ1n) is 11.0. The highest BCUT2D eigenvalue weighted by atomic mass is 19.1. The number of carbonyl (C=O) groups is 1. The van der Waals surface area contributed by atoms with Crippen molar-refractivity contribution in [2.45, 2.75) is 89.2 Å². The maximum Gasteiger partial charge on any atom is 0.292 e. The second-order valence-corrected chi connectivity index (χ2v) is 8.83. The minimum absolute atomic E-state index is 0.0115. The van der Waals surface area contributed by atoms with Crippen molar-refractivity contribution in [3.8, 4) is 0 Å². The molecule has 1 N–H and O–H groups in total. The molecule has 2 saturated carbocycles. The standard InChI is InChI=1S/C22H32FN3O4/c1-13(24-14(2)27)12-28-15-4-6-17(7-5-15)30-22-25-19-10-18(23)21(29-16-8-9-16)11-20(19)26(22)3/h10,13,15-17,20H,4-9,11-12H2,1-3H3,(H,24,27)/t13-,15?,17?,20?/m0/s1. The van der Waals surface area contributed by atoms with E-state index >= 15 is 0 Å². The van der Waals surface area contributed by atoms with Gasteiger partial charge in [0.05, 0.1) is 30.6 Å². The monoisotopic (exact) mass is 421 g/mol. The Hall–Kier alpha value is -2.09. The van der Waals surface area contributed by atoms with E-state index in [1.165, 1.54) is 13.0 Å². The highest BCUT2D eigenvalue weighted by Crippen LogP contribution is 2.37. The summed E-state index contributed by atoms with van der Waals surface area (Å²) in [5, 5.41) is 2.83. The smallest absolute Gasteiger partial charge is 0.292 e. The zero-order chi connectivity index (χ0) is 21.3. The number of hydrogen-bond donors (Lipinski definition) is 1. The molecule has 0 aromatic heterocycles. The van der Waals surface area contributed by atoms with Crippen molar-refractivity contribution in [1.82, 2.24) is 10.2 Å². The average Bonchev–Trinajstić information content (AvgIpc) is 3.47. The molecule has 1 heterocycles. The number of amides is 1. The van der Waals surface area contributed by atoms with Crippen LogP contribution in [0, 0.1) is 0 Å². The molecule has 2 atom stereocenters. The van der Waals surface area contributed by atoms with Gasteiger partial charge >= 0.3 is 0 Å². The van der Waals surface area contributed by atoms with Crippen LogP contribution in [0.25, 0.3) is 0 Å². The number of rotatable bonds is 7. The van der Waals surface area contributed by atoms with E-state index in [2.05, 4.69) is 10.3 Å². The molecule has 0 saturated heterocycles. The van der Waals surface area contributed by atoms with E-state index in [4.69, 9.17) is 14.2 Å². The predicted molar refractivity (Wildman–Crippen MR) is 110 cm³/mol. The maximum atomic E-state index is 14.3. The van der Waals surface area contributed by atoms with E-state index in [0.717, 1.165) is 38.5 Å². The third kappa shape index (κ3) is 5.14. The van der Waals surface area contributed by atoms with Gasteiger partial charge in [-0.1, -0.05) is 0 Å². The first kappa shape index (κ1) is 21.2. The third-order valence-corrected chi connectivity index (χ3v) is 6.01. The summed E-state index contributed by atoms with van der Waals surface area (Å²) in [6.45, 7) is 3.97. The van der Waals surface area contributed by atoms with Crippen LogP contribution >= 0.6 is 0 Å². The lowest BCUT2D eigenvalue weighted by Crippen LogP contribution is -2.39. The van der Waals surface area contributed by atoms with Crippen molar-refractivity contribution in [1.29, 1.82) is 0 Å². The Kier molecular flexibility index (Phi) is 6.32. The molecule has 0 spiro atoms. The lowest BCUT2D eigenvalue weighted by Gasteiger charge is -2.32. The normalized spacial score (nSPS) is 29.7. The van der Waals surface area contributed by atoms with Crippen LogP contribution in [-0.2, 0) is 19.0 Å². The van der Waals surface area contributed by atoms with Crippen LogP contribution in [0.15, 0.2) is 28.4 Å². The SMILES string of the molecule is CC(=O)N[C@@H](C)COC1CCC(OC2=NC3=CC(F)=C(OC4CC4)CC3N2C)CC1. The molecule has 2 fully saturated rings. The average molecular weight is 422 g/mol.